The number of carbonyl (C=O) groups excluding carboxylic acids is 2. The zero-order valence-electron chi connectivity index (χ0n) is 20.8. The fourth-order valence-corrected chi connectivity index (χ4v) is 4.30. The van der Waals surface area contributed by atoms with Crippen LogP contribution in [0.25, 0.3) is 0 Å². The predicted molar refractivity (Wildman–Crippen MR) is 147 cm³/mol. The van der Waals surface area contributed by atoms with Crippen LogP contribution in [0.2, 0.25) is 0 Å². The number of carbonyl (C=O) groups is 2. The number of rotatable bonds is 10. The van der Waals surface area contributed by atoms with Crippen molar-refractivity contribution in [3.8, 4) is 11.5 Å². The second-order valence-corrected chi connectivity index (χ2v) is 9.01. The number of benzene rings is 4. The number of para-hydroxylation sites is 2. The Morgan fingerprint density at radius 1 is 0.816 bits per heavy atom. The third kappa shape index (κ3) is 6.38. The van der Waals surface area contributed by atoms with Gasteiger partial charge in [0.05, 0.1) is 19.1 Å². The van der Waals surface area contributed by atoms with Crippen molar-refractivity contribution in [3.63, 3.8) is 0 Å². The molecule has 7 heteroatoms. The van der Waals surface area contributed by atoms with Crippen molar-refractivity contribution in [2.75, 3.05) is 23.8 Å². The number of fused-ring (bicyclic) bond motifs is 1. The second-order valence-electron chi connectivity index (χ2n) is 9.01. The minimum atomic E-state index is -0.876. The number of ether oxygens (including phenoxy) is 2. The summed E-state index contributed by atoms with van der Waals surface area (Å²) in [6, 6.07) is 33.1. The third-order valence-corrected chi connectivity index (χ3v) is 6.28. The fraction of sp³-hybridized carbons (Fsp3) is 0.161. The van der Waals surface area contributed by atoms with E-state index in [1.807, 2.05) is 84.9 Å². The molecule has 0 spiro atoms. The first-order valence-corrected chi connectivity index (χ1v) is 12.5. The van der Waals surface area contributed by atoms with E-state index >= 15 is 0 Å². The number of nitrogens with one attached hydrogen (secondary N) is 3. The van der Waals surface area contributed by atoms with Crippen molar-refractivity contribution >= 4 is 23.2 Å². The third-order valence-electron chi connectivity index (χ3n) is 6.28. The van der Waals surface area contributed by atoms with Gasteiger partial charge in [-0.25, -0.2) is 0 Å². The first kappa shape index (κ1) is 25.0. The lowest BCUT2D eigenvalue weighted by Gasteiger charge is -2.21. The van der Waals surface area contributed by atoms with E-state index in [0.717, 1.165) is 22.6 Å². The van der Waals surface area contributed by atoms with E-state index in [-0.39, 0.29) is 24.3 Å². The van der Waals surface area contributed by atoms with Crippen LogP contribution in [-0.4, -0.2) is 31.0 Å². The molecule has 2 unspecified atom stereocenters. The van der Waals surface area contributed by atoms with Crippen molar-refractivity contribution in [2.24, 2.45) is 0 Å². The molecule has 1 aliphatic rings. The Morgan fingerprint density at radius 2 is 1.47 bits per heavy atom. The molecule has 0 aliphatic carbocycles. The summed E-state index contributed by atoms with van der Waals surface area (Å²) in [5, 5.41) is 9.06. The maximum Gasteiger partial charge on any atom is 0.249 e. The number of amides is 2. The minimum absolute atomic E-state index is 0.0312. The van der Waals surface area contributed by atoms with E-state index in [2.05, 4.69) is 16.0 Å². The van der Waals surface area contributed by atoms with E-state index in [0.29, 0.717) is 24.6 Å². The first-order chi connectivity index (χ1) is 18.7. The highest BCUT2D eigenvalue weighted by atomic mass is 16.5. The second kappa shape index (κ2) is 12.1. The molecule has 0 fully saturated rings. The van der Waals surface area contributed by atoms with Crippen molar-refractivity contribution in [1.82, 2.24) is 5.32 Å². The average Bonchev–Trinajstić information content (AvgIpc) is 3.39. The molecule has 1 aliphatic heterocycles. The maximum absolute atomic E-state index is 13.3. The van der Waals surface area contributed by atoms with Gasteiger partial charge in [-0.3, -0.25) is 9.59 Å². The molecule has 4 aromatic rings. The fourth-order valence-electron chi connectivity index (χ4n) is 4.30. The highest BCUT2D eigenvalue weighted by Gasteiger charge is 2.31. The standard InChI is InChI=1S/C31H29N3O4/c35-30(27-19-32-28-14-8-7-13-26(27)28)34-29(21-37-20-22-9-3-1-4-10-22)31(36)33-23-15-17-25(18-16-23)38-24-11-5-2-6-12-24/h1-18,27,29,32H,19-21H2,(H,33,36)(H,34,35). The molecular formula is C31H29N3O4. The predicted octanol–water partition coefficient (Wildman–Crippen LogP) is 5.33. The van der Waals surface area contributed by atoms with Gasteiger partial charge in [-0.05, 0) is 53.6 Å². The van der Waals surface area contributed by atoms with Crippen LogP contribution in [0.15, 0.2) is 109 Å². The topological polar surface area (TPSA) is 88.7 Å². The summed E-state index contributed by atoms with van der Waals surface area (Å²) in [5.74, 6) is 0.410. The van der Waals surface area contributed by atoms with Crippen LogP contribution in [0.5, 0.6) is 11.5 Å². The maximum atomic E-state index is 13.3. The first-order valence-electron chi connectivity index (χ1n) is 12.5. The summed E-state index contributed by atoms with van der Waals surface area (Å²) in [4.78, 5) is 26.5. The van der Waals surface area contributed by atoms with Crippen LogP contribution < -0.4 is 20.7 Å². The zero-order chi connectivity index (χ0) is 26.2. The molecule has 0 radical (unpaired) electrons. The Balaban J connectivity index is 1.24. The number of hydrogen-bond acceptors (Lipinski definition) is 5. The minimum Gasteiger partial charge on any atom is -0.457 e. The van der Waals surface area contributed by atoms with Gasteiger partial charge in [0, 0.05) is 17.9 Å². The SMILES string of the molecule is O=C(Nc1ccc(Oc2ccccc2)cc1)C(COCc1ccccc1)NC(=O)C1CNc2ccccc21. The van der Waals surface area contributed by atoms with Crippen LogP contribution in [0.3, 0.4) is 0 Å². The van der Waals surface area contributed by atoms with Crippen molar-refractivity contribution < 1.29 is 19.1 Å². The van der Waals surface area contributed by atoms with E-state index in [1.165, 1.54) is 0 Å². The Bertz CT molecular complexity index is 1360. The van der Waals surface area contributed by atoms with Gasteiger partial charge in [0.1, 0.15) is 17.5 Å². The Morgan fingerprint density at radius 3 is 2.24 bits per heavy atom. The molecule has 0 saturated heterocycles. The summed E-state index contributed by atoms with van der Waals surface area (Å²) < 4.78 is 11.7. The molecule has 38 heavy (non-hydrogen) atoms. The summed E-state index contributed by atoms with van der Waals surface area (Å²) in [6.45, 7) is 0.844. The van der Waals surface area contributed by atoms with Crippen molar-refractivity contribution in [1.29, 1.82) is 0 Å². The highest BCUT2D eigenvalue weighted by Crippen LogP contribution is 2.31. The molecule has 0 bridgehead atoms. The number of hydrogen-bond donors (Lipinski definition) is 3. The smallest absolute Gasteiger partial charge is 0.249 e. The Kier molecular flexibility index (Phi) is 7.96. The summed E-state index contributed by atoms with van der Waals surface area (Å²) in [5.41, 5.74) is 3.43. The van der Waals surface area contributed by atoms with Crippen LogP contribution in [0.4, 0.5) is 11.4 Å². The van der Waals surface area contributed by atoms with E-state index in [9.17, 15) is 9.59 Å². The lowest BCUT2D eigenvalue weighted by Crippen LogP contribution is -2.48. The van der Waals surface area contributed by atoms with Gasteiger partial charge in [0.25, 0.3) is 0 Å². The van der Waals surface area contributed by atoms with Gasteiger partial charge in [-0.15, -0.1) is 0 Å². The Hall–Kier alpha value is -4.62. The van der Waals surface area contributed by atoms with Gasteiger partial charge >= 0.3 is 0 Å². The normalized spacial score (nSPS) is 14.6. The molecule has 0 saturated carbocycles. The quantitative estimate of drug-likeness (QED) is 0.270. The van der Waals surface area contributed by atoms with Gasteiger partial charge < -0.3 is 25.4 Å². The molecule has 3 N–H and O–H groups in total. The largest absolute Gasteiger partial charge is 0.457 e. The monoisotopic (exact) mass is 507 g/mol. The van der Waals surface area contributed by atoms with Gasteiger partial charge in [0.15, 0.2) is 0 Å². The molecule has 4 aromatic carbocycles. The number of anilines is 2. The lowest BCUT2D eigenvalue weighted by atomic mass is 10.00. The lowest BCUT2D eigenvalue weighted by molar-refractivity contribution is -0.128. The average molecular weight is 508 g/mol. The molecule has 2 amide bonds. The van der Waals surface area contributed by atoms with Crippen LogP contribution in [0.1, 0.15) is 17.0 Å². The van der Waals surface area contributed by atoms with Crippen LogP contribution >= 0.6 is 0 Å². The van der Waals surface area contributed by atoms with Crippen molar-refractivity contribution in [3.05, 3.63) is 120 Å². The molecule has 192 valence electrons. The summed E-state index contributed by atoms with van der Waals surface area (Å²) in [6.07, 6.45) is 0. The highest BCUT2D eigenvalue weighted by molar-refractivity contribution is 5.99. The molecule has 2 atom stereocenters. The molecule has 1 heterocycles. The van der Waals surface area contributed by atoms with E-state index in [4.69, 9.17) is 9.47 Å². The molecular weight excluding hydrogens is 478 g/mol. The summed E-state index contributed by atoms with van der Waals surface area (Å²) in [7, 11) is 0. The van der Waals surface area contributed by atoms with Crippen LogP contribution in [0, 0.1) is 0 Å². The van der Waals surface area contributed by atoms with Gasteiger partial charge in [0.2, 0.25) is 11.8 Å². The summed E-state index contributed by atoms with van der Waals surface area (Å²) >= 11 is 0. The van der Waals surface area contributed by atoms with Crippen molar-refractivity contribution in [2.45, 2.75) is 18.6 Å². The van der Waals surface area contributed by atoms with Crippen LogP contribution in [-0.2, 0) is 20.9 Å². The Labute approximate surface area is 221 Å². The molecule has 5 rings (SSSR count). The van der Waals surface area contributed by atoms with Gasteiger partial charge in [-0.2, -0.15) is 0 Å². The van der Waals surface area contributed by atoms with Gasteiger partial charge in [-0.1, -0.05) is 66.7 Å². The molecule has 7 nitrogen and oxygen atoms in total. The zero-order valence-corrected chi connectivity index (χ0v) is 20.8. The van der Waals surface area contributed by atoms with E-state index < -0.39 is 6.04 Å². The molecule has 0 aromatic heterocycles. The van der Waals surface area contributed by atoms with E-state index in [1.54, 1.807) is 24.3 Å².